The SMILES string of the molecule is CCC(C)(CC(C)(C)C)C1CCCC(C)(C)C1.O=CNO. The third kappa shape index (κ3) is 7.85. The molecule has 0 bridgehead atoms. The van der Waals surface area contributed by atoms with E-state index in [1.807, 2.05) is 0 Å². The number of rotatable bonds is 4. The van der Waals surface area contributed by atoms with Gasteiger partial charge in [0.05, 0.1) is 0 Å². The van der Waals surface area contributed by atoms with Gasteiger partial charge in [0.1, 0.15) is 0 Å². The van der Waals surface area contributed by atoms with Crippen molar-refractivity contribution < 1.29 is 10.0 Å². The number of carbonyl (C=O) groups excluding carboxylic acids is 1. The molecule has 1 amide bonds. The third-order valence-corrected chi connectivity index (χ3v) is 4.99. The molecular formula is C18H37NO2. The molecule has 126 valence electrons. The topological polar surface area (TPSA) is 49.3 Å². The standard InChI is InChI=1S/C17H34.CH3NO2/c1-8-17(7,13-15(2,3)4)14-10-9-11-16(5,6)12-14;3-1-2-4/h14H,8-13H2,1-7H3;1,4H,(H,2,3). The summed E-state index contributed by atoms with van der Waals surface area (Å²) in [7, 11) is 0. The van der Waals surface area contributed by atoms with Crippen molar-refractivity contribution in [2.45, 2.75) is 87.0 Å². The summed E-state index contributed by atoms with van der Waals surface area (Å²) in [5.41, 5.74) is 2.85. The number of nitrogens with one attached hydrogen (secondary N) is 1. The molecule has 0 aromatic rings. The van der Waals surface area contributed by atoms with Gasteiger partial charge in [0.2, 0.25) is 6.41 Å². The van der Waals surface area contributed by atoms with E-state index in [1.165, 1.54) is 44.0 Å². The van der Waals surface area contributed by atoms with Gasteiger partial charge in [0, 0.05) is 0 Å². The Morgan fingerprint density at radius 2 is 1.81 bits per heavy atom. The first-order valence-corrected chi connectivity index (χ1v) is 8.33. The van der Waals surface area contributed by atoms with Crippen molar-refractivity contribution in [3.8, 4) is 0 Å². The molecule has 0 spiro atoms. The Bertz CT molecular complexity index is 307. The lowest BCUT2D eigenvalue weighted by atomic mass is 9.58. The van der Waals surface area contributed by atoms with Crippen molar-refractivity contribution in [2.75, 3.05) is 0 Å². The van der Waals surface area contributed by atoms with Gasteiger partial charge in [0.15, 0.2) is 0 Å². The van der Waals surface area contributed by atoms with E-state index in [2.05, 4.69) is 48.5 Å². The molecule has 2 atom stereocenters. The summed E-state index contributed by atoms with van der Waals surface area (Å²) in [6.45, 7) is 17.1. The van der Waals surface area contributed by atoms with Crippen molar-refractivity contribution in [3.05, 3.63) is 0 Å². The summed E-state index contributed by atoms with van der Waals surface area (Å²) in [6, 6.07) is 0. The van der Waals surface area contributed by atoms with Gasteiger partial charge in [-0.1, -0.05) is 61.3 Å². The van der Waals surface area contributed by atoms with Gasteiger partial charge >= 0.3 is 0 Å². The van der Waals surface area contributed by atoms with E-state index in [1.54, 1.807) is 0 Å². The molecule has 0 aromatic heterocycles. The highest BCUT2D eigenvalue weighted by atomic mass is 16.5. The van der Waals surface area contributed by atoms with E-state index >= 15 is 0 Å². The van der Waals surface area contributed by atoms with Crippen LogP contribution in [-0.4, -0.2) is 11.6 Å². The van der Waals surface area contributed by atoms with Gasteiger partial charge in [0.25, 0.3) is 0 Å². The van der Waals surface area contributed by atoms with Gasteiger partial charge in [-0.05, 0) is 47.8 Å². The van der Waals surface area contributed by atoms with Crippen LogP contribution in [0.5, 0.6) is 0 Å². The quantitative estimate of drug-likeness (QED) is 0.427. The van der Waals surface area contributed by atoms with E-state index in [4.69, 9.17) is 10.0 Å². The Hall–Kier alpha value is -0.570. The Morgan fingerprint density at radius 3 is 2.14 bits per heavy atom. The maximum absolute atomic E-state index is 8.81. The number of hydrogen-bond donors (Lipinski definition) is 2. The van der Waals surface area contributed by atoms with E-state index in [9.17, 15) is 0 Å². The van der Waals surface area contributed by atoms with Crippen molar-refractivity contribution in [1.29, 1.82) is 0 Å². The minimum atomic E-state index is 0.181. The molecule has 1 aliphatic rings. The van der Waals surface area contributed by atoms with E-state index < -0.39 is 0 Å². The zero-order chi connectivity index (χ0) is 16.7. The molecule has 0 aromatic carbocycles. The Balaban J connectivity index is 0.000000885. The van der Waals surface area contributed by atoms with Crippen LogP contribution in [0, 0.1) is 22.2 Å². The Kier molecular flexibility index (Phi) is 7.94. The predicted octanol–water partition coefficient (Wildman–Crippen LogP) is 5.18. The van der Waals surface area contributed by atoms with Crippen LogP contribution in [0.1, 0.15) is 87.0 Å². The fraction of sp³-hybridized carbons (Fsp3) is 0.944. The summed E-state index contributed by atoms with van der Waals surface area (Å²) in [5, 5.41) is 7.26. The Labute approximate surface area is 131 Å². The molecule has 1 rings (SSSR count). The first-order valence-electron chi connectivity index (χ1n) is 8.33. The molecule has 0 saturated heterocycles. The van der Waals surface area contributed by atoms with Crippen LogP contribution in [0.2, 0.25) is 0 Å². The maximum atomic E-state index is 8.81. The van der Waals surface area contributed by atoms with Gasteiger partial charge < -0.3 is 0 Å². The second-order valence-corrected chi connectivity index (χ2v) is 8.95. The van der Waals surface area contributed by atoms with Crippen molar-refractivity contribution in [2.24, 2.45) is 22.2 Å². The van der Waals surface area contributed by atoms with Crippen LogP contribution >= 0.6 is 0 Å². The van der Waals surface area contributed by atoms with Gasteiger partial charge in [-0.25, -0.2) is 5.48 Å². The first-order chi connectivity index (χ1) is 9.49. The summed E-state index contributed by atoms with van der Waals surface area (Å²) in [6.07, 6.45) is 8.66. The van der Waals surface area contributed by atoms with Crippen LogP contribution in [0.15, 0.2) is 0 Å². The van der Waals surface area contributed by atoms with E-state index in [-0.39, 0.29) is 6.41 Å². The van der Waals surface area contributed by atoms with E-state index in [0.717, 1.165) is 5.92 Å². The molecule has 1 fully saturated rings. The average Bonchev–Trinajstić information content (AvgIpc) is 2.36. The van der Waals surface area contributed by atoms with Crippen LogP contribution < -0.4 is 5.48 Å². The Morgan fingerprint density at radius 1 is 1.29 bits per heavy atom. The fourth-order valence-electron chi connectivity index (χ4n) is 4.06. The third-order valence-electron chi connectivity index (χ3n) is 4.99. The smallest absolute Gasteiger partial charge is 0.230 e. The molecule has 0 radical (unpaired) electrons. The molecule has 1 aliphatic carbocycles. The van der Waals surface area contributed by atoms with Crippen LogP contribution in [0.3, 0.4) is 0 Å². The zero-order valence-electron chi connectivity index (χ0n) is 15.3. The monoisotopic (exact) mass is 299 g/mol. The summed E-state index contributed by atoms with van der Waals surface area (Å²) < 4.78 is 0. The lowest BCUT2D eigenvalue weighted by Crippen LogP contribution is -2.36. The summed E-state index contributed by atoms with van der Waals surface area (Å²) in [5.74, 6) is 0.940. The highest BCUT2D eigenvalue weighted by Gasteiger charge is 2.40. The molecule has 2 N–H and O–H groups in total. The molecule has 0 heterocycles. The normalized spacial score (nSPS) is 24.3. The van der Waals surface area contributed by atoms with Crippen molar-refractivity contribution in [3.63, 3.8) is 0 Å². The predicted molar refractivity (Wildman–Crippen MR) is 89.2 cm³/mol. The molecule has 0 aliphatic heterocycles. The lowest BCUT2D eigenvalue weighted by Gasteiger charge is -2.47. The lowest BCUT2D eigenvalue weighted by molar-refractivity contribution is -0.116. The average molecular weight is 299 g/mol. The number of amides is 1. The molecule has 2 unspecified atom stereocenters. The fourth-order valence-corrected chi connectivity index (χ4v) is 4.06. The van der Waals surface area contributed by atoms with Crippen molar-refractivity contribution in [1.82, 2.24) is 5.48 Å². The zero-order valence-corrected chi connectivity index (χ0v) is 15.3. The largest absolute Gasteiger partial charge is 0.289 e. The van der Waals surface area contributed by atoms with Crippen LogP contribution in [-0.2, 0) is 4.79 Å². The minimum absolute atomic E-state index is 0.181. The highest BCUT2D eigenvalue weighted by Crippen LogP contribution is 2.51. The molecule has 3 nitrogen and oxygen atoms in total. The number of hydrogen-bond acceptors (Lipinski definition) is 2. The summed E-state index contributed by atoms with van der Waals surface area (Å²) in [4.78, 5) is 8.81. The van der Waals surface area contributed by atoms with Gasteiger partial charge in [-0.15, -0.1) is 0 Å². The minimum Gasteiger partial charge on any atom is -0.289 e. The van der Waals surface area contributed by atoms with Crippen LogP contribution in [0.4, 0.5) is 0 Å². The summed E-state index contributed by atoms with van der Waals surface area (Å²) >= 11 is 0. The molecule has 21 heavy (non-hydrogen) atoms. The molecular weight excluding hydrogens is 262 g/mol. The van der Waals surface area contributed by atoms with Gasteiger partial charge in [-0.2, -0.15) is 0 Å². The van der Waals surface area contributed by atoms with Crippen LogP contribution in [0.25, 0.3) is 0 Å². The van der Waals surface area contributed by atoms with E-state index in [0.29, 0.717) is 16.2 Å². The second-order valence-electron chi connectivity index (χ2n) is 8.95. The maximum Gasteiger partial charge on any atom is 0.230 e. The number of carbonyl (C=O) groups is 1. The highest BCUT2D eigenvalue weighted by molar-refractivity contribution is 5.43. The van der Waals surface area contributed by atoms with Crippen molar-refractivity contribution >= 4 is 6.41 Å². The first kappa shape index (κ1) is 20.4. The second kappa shape index (κ2) is 8.17. The van der Waals surface area contributed by atoms with Gasteiger partial charge in [-0.3, -0.25) is 10.0 Å². The number of hydroxylamine groups is 1. The molecule has 1 saturated carbocycles. The molecule has 3 heteroatoms.